The molecule has 1 aliphatic rings. The van der Waals surface area contributed by atoms with Gasteiger partial charge in [-0.15, -0.1) is 0 Å². The maximum Gasteiger partial charge on any atom is 0.274 e. The third-order valence-corrected chi connectivity index (χ3v) is 4.32. The van der Waals surface area contributed by atoms with Crippen molar-refractivity contribution in [3.8, 4) is 0 Å². The molecule has 1 aromatic carbocycles. The molecular formula is C12H16N2O4S. The maximum atomic E-state index is 11.8. The second kappa shape index (κ2) is 4.82. The number of fused-ring (bicyclic) bond motifs is 1. The quantitative estimate of drug-likeness (QED) is 0.829. The molecule has 6 nitrogen and oxygen atoms in total. The van der Waals surface area contributed by atoms with E-state index in [1.54, 1.807) is 18.2 Å². The van der Waals surface area contributed by atoms with E-state index in [-0.39, 0.29) is 11.9 Å². The van der Waals surface area contributed by atoms with E-state index in [1.807, 2.05) is 6.92 Å². The van der Waals surface area contributed by atoms with Crippen molar-refractivity contribution in [2.45, 2.75) is 19.4 Å². The number of hydrogen-bond donors (Lipinski definition) is 1. The van der Waals surface area contributed by atoms with Crippen molar-refractivity contribution in [2.24, 2.45) is 0 Å². The number of nitrogens with one attached hydrogen (secondary N) is 1. The molecule has 1 unspecified atom stereocenters. The highest BCUT2D eigenvalue weighted by molar-refractivity contribution is 7.92. The Morgan fingerprint density at radius 2 is 2.16 bits per heavy atom. The van der Waals surface area contributed by atoms with E-state index in [0.717, 1.165) is 5.56 Å². The smallest absolute Gasteiger partial charge is 0.274 e. The summed E-state index contributed by atoms with van der Waals surface area (Å²) in [6.45, 7) is 1.84. The zero-order valence-electron chi connectivity index (χ0n) is 11.0. The van der Waals surface area contributed by atoms with Crippen LogP contribution in [0.15, 0.2) is 18.2 Å². The van der Waals surface area contributed by atoms with E-state index in [0.29, 0.717) is 17.7 Å². The van der Waals surface area contributed by atoms with E-state index < -0.39 is 10.0 Å². The summed E-state index contributed by atoms with van der Waals surface area (Å²) < 4.78 is 24.9. The molecule has 0 bridgehead atoms. The van der Waals surface area contributed by atoms with Gasteiger partial charge < -0.3 is 0 Å². The number of hydroxylamine groups is 1. The standard InChI is InChI=1S/C12H16N2O4S/c1-8-6-10-7-9(12(15)13-18-2)4-5-11(10)14(8)19(3,16)17/h4-5,7-8H,6H2,1-3H3,(H,13,15). The predicted molar refractivity (Wildman–Crippen MR) is 71.4 cm³/mol. The summed E-state index contributed by atoms with van der Waals surface area (Å²) in [5, 5.41) is 0. The first kappa shape index (κ1) is 13.8. The first-order valence-corrected chi connectivity index (χ1v) is 7.65. The Bertz CT molecular complexity index is 612. The molecule has 0 spiro atoms. The van der Waals surface area contributed by atoms with Crippen molar-refractivity contribution in [3.63, 3.8) is 0 Å². The molecule has 2 rings (SSSR count). The second-order valence-corrected chi connectivity index (χ2v) is 6.45. The highest BCUT2D eigenvalue weighted by Crippen LogP contribution is 2.34. The molecule has 19 heavy (non-hydrogen) atoms. The number of nitrogens with zero attached hydrogens (tertiary/aromatic N) is 1. The van der Waals surface area contributed by atoms with Crippen LogP contribution in [0, 0.1) is 0 Å². The van der Waals surface area contributed by atoms with Crippen molar-refractivity contribution in [3.05, 3.63) is 29.3 Å². The molecule has 0 aromatic heterocycles. The minimum atomic E-state index is -3.30. The van der Waals surface area contributed by atoms with Gasteiger partial charge in [0.2, 0.25) is 10.0 Å². The van der Waals surface area contributed by atoms with E-state index >= 15 is 0 Å². The van der Waals surface area contributed by atoms with Gasteiger partial charge in [-0.3, -0.25) is 13.9 Å². The molecule has 1 atom stereocenters. The second-order valence-electron chi connectivity index (χ2n) is 4.59. The Labute approximate surface area is 112 Å². The van der Waals surface area contributed by atoms with Gasteiger partial charge in [0.1, 0.15) is 0 Å². The topological polar surface area (TPSA) is 75.7 Å². The van der Waals surface area contributed by atoms with Gasteiger partial charge in [-0.2, -0.15) is 0 Å². The van der Waals surface area contributed by atoms with Gasteiger partial charge in [0.05, 0.1) is 19.1 Å². The van der Waals surface area contributed by atoms with Gasteiger partial charge in [0.25, 0.3) is 5.91 Å². The Balaban J connectivity index is 2.40. The largest absolute Gasteiger partial charge is 0.277 e. The summed E-state index contributed by atoms with van der Waals surface area (Å²) in [6.07, 6.45) is 1.78. The lowest BCUT2D eigenvalue weighted by molar-refractivity contribution is 0.0537. The van der Waals surface area contributed by atoms with Crippen LogP contribution in [-0.2, 0) is 21.3 Å². The first-order chi connectivity index (χ1) is 8.84. The molecule has 0 fully saturated rings. The third kappa shape index (κ3) is 2.57. The van der Waals surface area contributed by atoms with Crippen LogP contribution >= 0.6 is 0 Å². The van der Waals surface area contributed by atoms with Crippen LogP contribution in [0.1, 0.15) is 22.8 Å². The van der Waals surface area contributed by atoms with Gasteiger partial charge >= 0.3 is 0 Å². The molecule has 0 radical (unpaired) electrons. The van der Waals surface area contributed by atoms with Crippen LogP contribution in [-0.4, -0.2) is 33.7 Å². The number of anilines is 1. The maximum absolute atomic E-state index is 11.8. The molecule has 104 valence electrons. The highest BCUT2D eigenvalue weighted by atomic mass is 32.2. The van der Waals surface area contributed by atoms with E-state index in [2.05, 4.69) is 10.3 Å². The Hall–Kier alpha value is -1.60. The summed E-state index contributed by atoms with van der Waals surface area (Å²) in [7, 11) is -1.94. The minimum Gasteiger partial charge on any atom is -0.277 e. The fourth-order valence-corrected chi connectivity index (χ4v) is 3.66. The van der Waals surface area contributed by atoms with E-state index in [4.69, 9.17) is 0 Å². The Morgan fingerprint density at radius 3 is 2.74 bits per heavy atom. The molecular weight excluding hydrogens is 268 g/mol. The zero-order chi connectivity index (χ0) is 14.2. The minimum absolute atomic E-state index is 0.134. The third-order valence-electron chi connectivity index (χ3n) is 3.05. The highest BCUT2D eigenvalue weighted by Gasteiger charge is 2.32. The van der Waals surface area contributed by atoms with Crippen LogP contribution < -0.4 is 9.79 Å². The average Bonchev–Trinajstić information content (AvgIpc) is 2.63. The summed E-state index contributed by atoms with van der Waals surface area (Å²) in [5.74, 6) is -0.351. The van der Waals surface area contributed by atoms with Gasteiger partial charge in [-0.1, -0.05) is 0 Å². The summed E-state index contributed by atoms with van der Waals surface area (Å²) in [6, 6.07) is 4.81. The van der Waals surface area contributed by atoms with Crippen LogP contribution in [0.2, 0.25) is 0 Å². The number of carbonyl (C=O) groups is 1. The van der Waals surface area contributed by atoms with Crippen molar-refractivity contribution in [1.82, 2.24) is 5.48 Å². The van der Waals surface area contributed by atoms with Crippen LogP contribution in [0.5, 0.6) is 0 Å². The average molecular weight is 284 g/mol. The van der Waals surface area contributed by atoms with Gasteiger partial charge in [-0.25, -0.2) is 13.9 Å². The van der Waals surface area contributed by atoms with E-state index in [1.165, 1.54) is 17.7 Å². The van der Waals surface area contributed by atoms with Gasteiger partial charge in [-0.05, 0) is 37.1 Å². The summed E-state index contributed by atoms with van der Waals surface area (Å²) >= 11 is 0. The van der Waals surface area contributed by atoms with Crippen LogP contribution in [0.4, 0.5) is 5.69 Å². The van der Waals surface area contributed by atoms with Crippen molar-refractivity contribution < 1.29 is 18.0 Å². The van der Waals surface area contributed by atoms with Gasteiger partial charge in [0.15, 0.2) is 0 Å². The fourth-order valence-electron chi connectivity index (χ4n) is 2.40. The Kier molecular flexibility index (Phi) is 3.51. The van der Waals surface area contributed by atoms with E-state index in [9.17, 15) is 13.2 Å². The Morgan fingerprint density at radius 1 is 1.47 bits per heavy atom. The first-order valence-electron chi connectivity index (χ1n) is 5.80. The summed E-state index contributed by atoms with van der Waals surface area (Å²) in [4.78, 5) is 16.2. The zero-order valence-corrected chi connectivity index (χ0v) is 11.8. The number of amides is 1. The van der Waals surface area contributed by atoms with Crippen molar-refractivity contribution >= 4 is 21.6 Å². The van der Waals surface area contributed by atoms with Crippen molar-refractivity contribution in [1.29, 1.82) is 0 Å². The molecule has 7 heteroatoms. The number of carbonyl (C=O) groups excluding carboxylic acids is 1. The molecule has 1 aliphatic heterocycles. The normalized spacial score (nSPS) is 18.3. The molecule has 1 N–H and O–H groups in total. The molecule has 1 heterocycles. The SMILES string of the molecule is CONC(=O)c1ccc2c(c1)CC(C)N2S(C)(=O)=O. The number of rotatable bonds is 3. The number of sulfonamides is 1. The van der Waals surface area contributed by atoms with Gasteiger partial charge in [0, 0.05) is 11.6 Å². The number of benzene rings is 1. The molecule has 1 aromatic rings. The van der Waals surface area contributed by atoms with Crippen LogP contribution in [0.25, 0.3) is 0 Å². The fraction of sp³-hybridized carbons (Fsp3) is 0.417. The predicted octanol–water partition coefficient (Wildman–Crippen LogP) is 0.688. The lowest BCUT2D eigenvalue weighted by Gasteiger charge is -2.21. The summed E-state index contributed by atoms with van der Waals surface area (Å²) in [5.41, 5.74) is 4.17. The lowest BCUT2D eigenvalue weighted by atomic mass is 10.1. The molecule has 1 amide bonds. The van der Waals surface area contributed by atoms with Crippen LogP contribution in [0.3, 0.4) is 0 Å². The molecule has 0 saturated heterocycles. The molecule has 0 aliphatic carbocycles. The molecule has 0 saturated carbocycles. The monoisotopic (exact) mass is 284 g/mol. The lowest BCUT2D eigenvalue weighted by Crippen LogP contribution is -2.34. The number of hydrogen-bond acceptors (Lipinski definition) is 4. The van der Waals surface area contributed by atoms with Crippen molar-refractivity contribution in [2.75, 3.05) is 17.7 Å².